The van der Waals surface area contributed by atoms with Crippen LogP contribution in [0.5, 0.6) is 0 Å². The second-order valence-corrected chi connectivity index (χ2v) is 4.56. The van der Waals surface area contributed by atoms with Crippen LogP contribution in [0.3, 0.4) is 0 Å². The summed E-state index contributed by atoms with van der Waals surface area (Å²) in [5.74, 6) is 0.774. The fourth-order valence-corrected chi connectivity index (χ4v) is 2.43. The third-order valence-corrected chi connectivity index (χ3v) is 3.29. The van der Waals surface area contributed by atoms with E-state index in [0.717, 1.165) is 5.92 Å². The van der Waals surface area contributed by atoms with E-state index in [1.54, 1.807) is 0 Å². The predicted octanol–water partition coefficient (Wildman–Crippen LogP) is 2.97. The fourth-order valence-electron chi connectivity index (χ4n) is 2.43. The van der Waals surface area contributed by atoms with Crippen LogP contribution < -0.4 is 5.32 Å². The van der Waals surface area contributed by atoms with Crippen LogP contribution in [-0.4, -0.2) is 6.54 Å². The Hall–Kier alpha value is -0.820. The Balaban J connectivity index is 2.31. The van der Waals surface area contributed by atoms with Gasteiger partial charge < -0.3 is 5.32 Å². The highest BCUT2D eigenvalue weighted by Gasteiger charge is 2.24. The van der Waals surface area contributed by atoms with Crippen LogP contribution in [0.15, 0.2) is 18.2 Å². The standard InChI is InChI=1S/C13H19N/c1-9-4-5-12(11(3)8-9)13-10(2)6-7-14-13/h4-5,8,10,13-14H,6-7H2,1-3H3/t10-,13-/m1/s1. The van der Waals surface area contributed by atoms with Crippen molar-refractivity contribution in [3.05, 3.63) is 34.9 Å². The molecule has 0 spiro atoms. The second kappa shape index (κ2) is 3.74. The third-order valence-electron chi connectivity index (χ3n) is 3.29. The van der Waals surface area contributed by atoms with E-state index in [1.165, 1.54) is 29.7 Å². The average Bonchev–Trinajstić information content (AvgIpc) is 2.52. The summed E-state index contributed by atoms with van der Waals surface area (Å²) in [6.07, 6.45) is 1.30. The fraction of sp³-hybridized carbons (Fsp3) is 0.538. The van der Waals surface area contributed by atoms with E-state index in [9.17, 15) is 0 Å². The quantitative estimate of drug-likeness (QED) is 0.716. The summed E-state index contributed by atoms with van der Waals surface area (Å²) < 4.78 is 0. The summed E-state index contributed by atoms with van der Waals surface area (Å²) in [5.41, 5.74) is 4.27. The second-order valence-electron chi connectivity index (χ2n) is 4.56. The molecule has 1 saturated heterocycles. The SMILES string of the molecule is Cc1ccc([C@@H]2NCC[C@H]2C)c(C)c1. The predicted molar refractivity (Wildman–Crippen MR) is 60.4 cm³/mol. The van der Waals surface area contributed by atoms with Crippen LogP contribution in [0, 0.1) is 19.8 Å². The van der Waals surface area contributed by atoms with Crippen molar-refractivity contribution >= 4 is 0 Å². The van der Waals surface area contributed by atoms with Gasteiger partial charge in [0.2, 0.25) is 0 Å². The topological polar surface area (TPSA) is 12.0 Å². The van der Waals surface area contributed by atoms with Crippen molar-refractivity contribution in [1.29, 1.82) is 0 Å². The summed E-state index contributed by atoms with van der Waals surface area (Å²) in [6.45, 7) is 7.88. The van der Waals surface area contributed by atoms with E-state index in [2.05, 4.69) is 44.3 Å². The molecular formula is C13H19N. The van der Waals surface area contributed by atoms with Crippen LogP contribution in [-0.2, 0) is 0 Å². The van der Waals surface area contributed by atoms with Crippen molar-refractivity contribution in [1.82, 2.24) is 5.32 Å². The molecule has 1 N–H and O–H groups in total. The highest BCUT2D eigenvalue weighted by atomic mass is 14.9. The molecule has 1 aromatic carbocycles. The average molecular weight is 189 g/mol. The van der Waals surface area contributed by atoms with Gasteiger partial charge in [0.15, 0.2) is 0 Å². The van der Waals surface area contributed by atoms with E-state index in [-0.39, 0.29) is 0 Å². The molecule has 0 radical (unpaired) electrons. The van der Waals surface area contributed by atoms with Gasteiger partial charge in [-0.05, 0) is 43.9 Å². The van der Waals surface area contributed by atoms with Gasteiger partial charge in [-0.25, -0.2) is 0 Å². The van der Waals surface area contributed by atoms with E-state index in [1.807, 2.05) is 0 Å². The molecule has 1 nitrogen and oxygen atoms in total. The summed E-state index contributed by atoms with van der Waals surface area (Å²) in [5, 5.41) is 3.58. The van der Waals surface area contributed by atoms with Gasteiger partial charge >= 0.3 is 0 Å². The molecule has 1 aromatic rings. The lowest BCUT2D eigenvalue weighted by atomic mass is 9.92. The number of nitrogens with one attached hydrogen (secondary N) is 1. The monoisotopic (exact) mass is 189 g/mol. The molecule has 0 aromatic heterocycles. The summed E-state index contributed by atoms with van der Waals surface area (Å²) in [7, 11) is 0. The molecule has 1 heterocycles. The molecule has 0 amide bonds. The van der Waals surface area contributed by atoms with Crippen molar-refractivity contribution in [2.24, 2.45) is 5.92 Å². The van der Waals surface area contributed by atoms with E-state index in [4.69, 9.17) is 0 Å². The first kappa shape index (κ1) is 9.72. The van der Waals surface area contributed by atoms with E-state index in [0.29, 0.717) is 6.04 Å². The van der Waals surface area contributed by atoms with Crippen molar-refractivity contribution in [2.45, 2.75) is 33.2 Å². The van der Waals surface area contributed by atoms with Gasteiger partial charge in [0.1, 0.15) is 0 Å². The van der Waals surface area contributed by atoms with Gasteiger partial charge in [-0.2, -0.15) is 0 Å². The maximum atomic E-state index is 3.58. The molecule has 1 fully saturated rings. The molecule has 1 heteroatoms. The molecule has 0 unspecified atom stereocenters. The number of rotatable bonds is 1. The Kier molecular flexibility index (Phi) is 2.60. The molecular weight excluding hydrogens is 170 g/mol. The van der Waals surface area contributed by atoms with Gasteiger partial charge in [-0.1, -0.05) is 30.7 Å². The minimum Gasteiger partial charge on any atom is -0.310 e. The largest absolute Gasteiger partial charge is 0.310 e. The van der Waals surface area contributed by atoms with E-state index >= 15 is 0 Å². The van der Waals surface area contributed by atoms with Gasteiger partial charge in [-0.15, -0.1) is 0 Å². The smallest absolute Gasteiger partial charge is 0.0349 e. The first-order valence-electron chi connectivity index (χ1n) is 5.49. The Labute approximate surface area is 86.5 Å². The van der Waals surface area contributed by atoms with Gasteiger partial charge in [0, 0.05) is 6.04 Å². The Bertz CT molecular complexity index is 330. The first-order chi connectivity index (χ1) is 6.68. The van der Waals surface area contributed by atoms with Gasteiger partial charge in [-0.3, -0.25) is 0 Å². The number of hydrogen-bond donors (Lipinski definition) is 1. The van der Waals surface area contributed by atoms with Crippen LogP contribution in [0.2, 0.25) is 0 Å². The molecule has 0 bridgehead atoms. The summed E-state index contributed by atoms with van der Waals surface area (Å²) >= 11 is 0. The zero-order chi connectivity index (χ0) is 10.1. The minimum atomic E-state index is 0.579. The molecule has 0 saturated carbocycles. The van der Waals surface area contributed by atoms with Gasteiger partial charge in [0.05, 0.1) is 0 Å². The Morgan fingerprint density at radius 3 is 2.64 bits per heavy atom. The highest BCUT2D eigenvalue weighted by Crippen LogP contribution is 2.31. The lowest BCUT2D eigenvalue weighted by Crippen LogP contribution is -2.17. The minimum absolute atomic E-state index is 0.579. The normalized spacial score (nSPS) is 26.8. The zero-order valence-electron chi connectivity index (χ0n) is 9.30. The van der Waals surface area contributed by atoms with Crippen molar-refractivity contribution in [3.8, 4) is 0 Å². The van der Waals surface area contributed by atoms with Crippen LogP contribution >= 0.6 is 0 Å². The molecule has 14 heavy (non-hydrogen) atoms. The van der Waals surface area contributed by atoms with Crippen LogP contribution in [0.25, 0.3) is 0 Å². The Morgan fingerprint density at radius 1 is 1.29 bits per heavy atom. The number of aryl methyl sites for hydroxylation is 2. The molecule has 2 atom stereocenters. The lowest BCUT2D eigenvalue weighted by molar-refractivity contribution is 0.501. The molecule has 0 aliphatic carbocycles. The first-order valence-corrected chi connectivity index (χ1v) is 5.49. The van der Waals surface area contributed by atoms with E-state index < -0.39 is 0 Å². The maximum Gasteiger partial charge on any atom is 0.0349 e. The van der Waals surface area contributed by atoms with Crippen LogP contribution in [0.1, 0.15) is 36.1 Å². The number of benzene rings is 1. The zero-order valence-corrected chi connectivity index (χ0v) is 9.30. The maximum absolute atomic E-state index is 3.58. The van der Waals surface area contributed by atoms with Crippen LogP contribution in [0.4, 0.5) is 0 Å². The molecule has 2 rings (SSSR count). The summed E-state index contributed by atoms with van der Waals surface area (Å²) in [4.78, 5) is 0. The summed E-state index contributed by atoms with van der Waals surface area (Å²) in [6, 6.07) is 7.36. The Morgan fingerprint density at radius 2 is 2.07 bits per heavy atom. The number of hydrogen-bond acceptors (Lipinski definition) is 1. The third kappa shape index (κ3) is 1.69. The highest BCUT2D eigenvalue weighted by molar-refractivity contribution is 5.33. The lowest BCUT2D eigenvalue weighted by Gasteiger charge is -2.18. The van der Waals surface area contributed by atoms with Crippen molar-refractivity contribution < 1.29 is 0 Å². The van der Waals surface area contributed by atoms with Crippen molar-refractivity contribution in [2.75, 3.05) is 6.54 Å². The molecule has 1 aliphatic heterocycles. The van der Waals surface area contributed by atoms with Gasteiger partial charge in [0.25, 0.3) is 0 Å². The molecule has 1 aliphatic rings. The molecule has 76 valence electrons. The van der Waals surface area contributed by atoms with Crippen molar-refractivity contribution in [3.63, 3.8) is 0 Å².